The average Bonchev–Trinajstić information content (AvgIpc) is 3.20. The van der Waals surface area contributed by atoms with Crippen LogP contribution in [0.3, 0.4) is 0 Å². The van der Waals surface area contributed by atoms with Crippen molar-refractivity contribution in [1.82, 2.24) is 15.2 Å². The number of nitrogens with one attached hydrogen (secondary N) is 1. The zero-order valence-corrected chi connectivity index (χ0v) is 19.7. The minimum Gasteiger partial charge on any atom is -0.493 e. The van der Waals surface area contributed by atoms with Crippen LogP contribution in [-0.4, -0.2) is 33.4 Å². The molecule has 3 aromatic rings. The highest BCUT2D eigenvalue weighted by Gasteiger charge is 2.15. The Balaban J connectivity index is 1.77. The van der Waals surface area contributed by atoms with E-state index in [1.54, 1.807) is 36.4 Å². The molecule has 32 heavy (non-hydrogen) atoms. The lowest BCUT2D eigenvalue weighted by atomic mass is 10.2. The fourth-order valence-electron chi connectivity index (χ4n) is 2.74. The number of ether oxygens (including phenoxy) is 2. The van der Waals surface area contributed by atoms with Gasteiger partial charge in [-0.05, 0) is 54.1 Å². The van der Waals surface area contributed by atoms with Gasteiger partial charge in [0.2, 0.25) is 5.16 Å². The molecule has 0 radical (unpaired) electrons. The van der Waals surface area contributed by atoms with Gasteiger partial charge in [-0.15, -0.1) is 5.10 Å². The largest absolute Gasteiger partial charge is 0.493 e. The van der Waals surface area contributed by atoms with E-state index >= 15 is 0 Å². The van der Waals surface area contributed by atoms with E-state index in [9.17, 15) is 9.90 Å². The number of H-pyrrole nitrogens is 1. The third-order valence-corrected chi connectivity index (χ3v) is 5.76. The van der Waals surface area contributed by atoms with Crippen molar-refractivity contribution in [2.24, 2.45) is 0 Å². The van der Waals surface area contributed by atoms with Crippen LogP contribution in [0.1, 0.15) is 30.3 Å². The van der Waals surface area contributed by atoms with E-state index in [-0.39, 0.29) is 11.5 Å². The quantitative estimate of drug-likeness (QED) is 0.269. The van der Waals surface area contributed by atoms with E-state index in [1.165, 1.54) is 13.2 Å². The zero-order valence-electron chi connectivity index (χ0n) is 17.4. The SMILES string of the molecule is CCCc1nc(S/C(=C\c2ccc(OCc3ccc(Cl)cc3Cl)c(OC)c2)C(=O)O)n[nH]1. The van der Waals surface area contributed by atoms with E-state index in [0.29, 0.717) is 32.3 Å². The summed E-state index contributed by atoms with van der Waals surface area (Å²) in [7, 11) is 1.51. The molecule has 2 aromatic carbocycles. The highest BCUT2D eigenvalue weighted by Crippen LogP contribution is 2.32. The maximum atomic E-state index is 11.7. The molecule has 0 aliphatic heterocycles. The summed E-state index contributed by atoms with van der Waals surface area (Å²) in [5, 5.41) is 17.9. The first-order valence-electron chi connectivity index (χ1n) is 9.68. The third kappa shape index (κ3) is 6.41. The summed E-state index contributed by atoms with van der Waals surface area (Å²) in [6.07, 6.45) is 3.20. The van der Waals surface area contributed by atoms with Crippen molar-refractivity contribution < 1.29 is 19.4 Å². The Kier molecular flexibility index (Phi) is 8.44. The molecule has 0 saturated heterocycles. The first-order valence-corrected chi connectivity index (χ1v) is 11.3. The number of thioether (sulfide) groups is 1. The Labute approximate surface area is 199 Å². The van der Waals surface area contributed by atoms with Crippen LogP contribution in [0, 0.1) is 0 Å². The van der Waals surface area contributed by atoms with E-state index in [4.69, 9.17) is 32.7 Å². The minimum atomic E-state index is -1.08. The van der Waals surface area contributed by atoms with Crippen LogP contribution in [0.25, 0.3) is 6.08 Å². The third-order valence-electron chi connectivity index (χ3n) is 4.29. The lowest BCUT2D eigenvalue weighted by Crippen LogP contribution is -1.99. The van der Waals surface area contributed by atoms with Crippen LogP contribution in [-0.2, 0) is 17.8 Å². The summed E-state index contributed by atoms with van der Waals surface area (Å²) < 4.78 is 11.3. The zero-order chi connectivity index (χ0) is 23.1. The molecule has 0 unspecified atom stereocenters. The van der Waals surface area contributed by atoms with E-state index in [0.717, 1.165) is 36.0 Å². The molecule has 0 saturated carbocycles. The number of aromatic nitrogens is 3. The van der Waals surface area contributed by atoms with Crippen LogP contribution in [0.15, 0.2) is 46.5 Å². The Morgan fingerprint density at radius 2 is 2.03 bits per heavy atom. The predicted molar refractivity (Wildman–Crippen MR) is 126 cm³/mol. The number of benzene rings is 2. The van der Waals surface area contributed by atoms with E-state index < -0.39 is 5.97 Å². The van der Waals surface area contributed by atoms with Crippen LogP contribution >= 0.6 is 35.0 Å². The molecule has 0 aliphatic rings. The van der Waals surface area contributed by atoms with Crippen LogP contribution < -0.4 is 9.47 Å². The average molecular weight is 494 g/mol. The predicted octanol–water partition coefficient (Wildman–Crippen LogP) is 5.87. The molecule has 0 bridgehead atoms. The summed E-state index contributed by atoms with van der Waals surface area (Å²) in [4.78, 5) is 16.1. The van der Waals surface area contributed by atoms with Gasteiger partial charge >= 0.3 is 5.97 Å². The molecule has 7 nitrogen and oxygen atoms in total. The Hall–Kier alpha value is -2.68. The number of methoxy groups -OCH3 is 1. The molecule has 0 atom stereocenters. The standard InChI is InChI=1S/C22H21Cl2N3O4S/c1-3-4-20-25-22(27-26-20)32-19(21(28)29)10-13-5-8-17(18(9-13)30-2)31-12-14-6-7-15(23)11-16(14)24/h5-11H,3-4,12H2,1-2H3,(H,28,29)(H,25,26,27)/b19-10-. The number of aliphatic carboxylic acids is 1. The second kappa shape index (κ2) is 11.3. The molecule has 1 heterocycles. The number of aromatic amines is 1. The lowest BCUT2D eigenvalue weighted by molar-refractivity contribution is -0.131. The number of hydrogen-bond acceptors (Lipinski definition) is 6. The van der Waals surface area contributed by atoms with Gasteiger partial charge in [0.1, 0.15) is 17.3 Å². The topological polar surface area (TPSA) is 97.3 Å². The molecule has 168 valence electrons. The summed E-state index contributed by atoms with van der Waals surface area (Å²) in [5.74, 6) is 0.609. The monoisotopic (exact) mass is 493 g/mol. The van der Waals surface area contributed by atoms with Crippen LogP contribution in [0.5, 0.6) is 11.5 Å². The molecule has 3 rings (SSSR count). The van der Waals surface area contributed by atoms with Crippen molar-refractivity contribution in [3.63, 3.8) is 0 Å². The molecule has 10 heteroatoms. The number of carboxylic acid groups (broad SMARTS) is 1. The van der Waals surface area contributed by atoms with E-state index in [1.807, 2.05) is 6.92 Å². The number of carbonyl (C=O) groups is 1. The first kappa shape index (κ1) is 24.0. The molecular weight excluding hydrogens is 473 g/mol. The Morgan fingerprint density at radius 1 is 1.22 bits per heavy atom. The Morgan fingerprint density at radius 3 is 2.72 bits per heavy atom. The first-order chi connectivity index (χ1) is 15.4. The molecule has 1 aromatic heterocycles. The molecule has 0 aliphatic carbocycles. The molecule has 2 N–H and O–H groups in total. The highest BCUT2D eigenvalue weighted by atomic mass is 35.5. The Bertz CT molecular complexity index is 1130. The fraction of sp³-hybridized carbons (Fsp3) is 0.227. The van der Waals surface area contributed by atoms with Gasteiger partial charge in [-0.2, -0.15) is 0 Å². The lowest BCUT2D eigenvalue weighted by Gasteiger charge is -2.12. The van der Waals surface area contributed by atoms with Gasteiger partial charge in [-0.1, -0.05) is 42.3 Å². The van der Waals surface area contributed by atoms with Crippen molar-refractivity contribution in [3.8, 4) is 11.5 Å². The van der Waals surface area contributed by atoms with Crippen molar-refractivity contribution in [2.45, 2.75) is 31.5 Å². The van der Waals surface area contributed by atoms with Gasteiger partial charge in [-0.3, -0.25) is 5.10 Å². The van der Waals surface area contributed by atoms with Crippen molar-refractivity contribution in [1.29, 1.82) is 0 Å². The molecule has 0 spiro atoms. The molecular formula is C22H21Cl2N3O4S. The van der Waals surface area contributed by atoms with Crippen LogP contribution in [0.2, 0.25) is 10.0 Å². The fourth-order valence-corrected chi connectivity index (χ4v) is 3.93. The van der Waals surface area contributed by atoms with Gasteiger partial charge in [0.25, 0.3) is 0 Å². The van der Waals surface area contributed by atoms with E-state index in [2.05, 4.69) is 15.2 Å². The van der Waals surface area contributed by atoms with Gasteiger partial charge in [0.05, 0.1) is 7.11 Å². The van der Waals surface area contributed by atoms with Crippen LogP contribution in [0.4, 0.5) is 0 Å². The van der Waals surface area contributed by atoms with Gasteiger partial charge in [-0.25, -0.2) is 9.78 Å². The summed E-state index contributed by atoms with van der Waals surface area (Å²) >= 11 is 13.1. The second-order valence-electron chi connectivity index (χ2n) is 6.67. The summed E-state index contributed by atoms with van der Waals surface area (Å²) in [6, 6.07) is 10.3. The maximum Gasteiger partial charge on any atom is 0.342 e. The minimum absolute atomic E-state index is 0.0794. The summed E-state index contributed by atoms with van der Waals surface area (Å²) in [5.41, 5.74) is 1.41. The van der Waals surface area contributed by atoms with Crippen molar-refractivity contribution >= 4 is 47.0 Å². The van der Waals surface area contributed by atoms with Gasteiger partial charge in [0.15, 0.2) is 11.5 Å². The van der Waals surface area contributed by atoms with Gasteiger partial charge < -0.3 is 14.6 Å². The molecule has 0 fully saturated rings. The maximum absolute atomic E-state index is 11.7. The number of hydrogen-bond donors (Lipinski definition) is 2. The number of aryl methyl sites for hydroxylation is 1. The normalized spacial score (nSPS) is 11.4. The number of nitrogens with zero attached hydrogens (tertiary/aromatic N) is 2. The number of carboxylic acids is 1. The summed E-state index contributed by atoms with van der Waals surface area (Å²) in [6.45, 7) is 2.26. The number of rotatable bonds is 10. The van der Waals surface area contributed by atoms with Gasteiger partial charge in [0, 0.05) is 22.0 Å². The second-order valence-corrected chi connectivity index (χ2v) is 8.52. The van der Waals surface area contributed by atoms with Crippen molar-refractivity contribution in [3.05, 3.63) is 68.3 Å². The highest BCUT2D eigenvalue weighted by molar-refractivity contribution is 8.04. The smallest absolute Gasteiger partial charge is 0.342 e. The number of halogens is 2. The van der Waals surface area contributed by atoms with Crippen molar-refractivity contribution in [2.75, 3.05) is 7.11 Å². The molecule has 0 amide bonds.